The summed E-state index contributed by atoms with van der Waals surface area (Å²) >= 11 is 0. The number of nitrogens with zero attached hydrogens (tertiary/aromatic N) is 3. The number of aliphatic hydroxyl groups excluding tert-OH is 1. The first-order valence-electron chi connectivity index (χ1n) is 8.98. The second kappa shape index (κ2) is 8.67. The standard InChI is InChI=1S/C19H26N4O2/c24-12-9-16-7-4-10-22(11-8-16)19(25)21-18-13-20-23(15-18)14-17-5-2-1-3-6-17/h1-3,5-6,13,15-16,24H,4,7-12,14H2,(H,21,25). The van der Waals surface area contributed by atoms with E-state index in [1.54, 1.807) is 6.20 Å². The van der Waals surface area contributed by atoms with E-state index in [9.17, 15) is 4.79 Å². The fraction of sp³-hybridized carbons (Fsp3) is 0.474. The summed E-state index contributed by atoms with van der Waals surface area (Å²) < 4.78 is 1.82. The molecule has 1 atom stereocenters. The fourth-order valence-corrected chi connectivity index (χ4v) is 3.33. The number of carbonyl (C=O) groups excluding carboxylic acids is 1. The van der Waals surface area contributed by atoms with E-state index in [0.29, 0.717) is 12.5 Å². The van der Waals surface area contributed by atoms with Crippen molar-refractivity contribution in [3.05, 3.63) is 48.3 Å². The summed E-state index contributed by atoms with van der Waals surface area (Å²) in [5, 5.41) is 16.4. The van der Waals surface area contributed by atoms with Crippen LogP contribution >= 0.6 is 0 Å². The fourth-order valence-electron chi connectivity index (χ4n) is 3.33. The van der Waals surface area contributed by atoms with Crippen LogP contribution in [0.3, 0.4) is 0 Å². The van der Waals surface area contributed by atoms with Crippen LogP contribution in [0, 0.1) is 5.92 Å². The molecule has 134 valence electrons. The van der Waals surface area contributed by atoms with Crippen molar-refractivity contribution < 1.29 is 9.90 Å². The maximum Gasteiger partial charge on any atom is 0.321 e. The van der Waals surface area contributed by atoms with E-state index in [1.807, 2.05) is 34.0 Å². The monoisotopic (exact) mass is 342 g/mol. The average Bonchev–Trinajstić information content (AvgIpc) is 2.91. The van der Waals surface area contributed by atoms with Crippen LogP contribution in [0.1, 0.15) is 31.2 Å². The lowest BCUT2D eigenvalue weighted by molar-refractivity contribution is 0.211. The van der Waals surface area contributed by atoms with Crippen molar-refractivity contribution in [3.8, 4) is 0 Å². The van der Waals surface area contributed by atoms with E-state index in [4.69, 9.17) is 5.11 Å². The van der Waals surface area contributed by atoms with E-state index >= 15 is 0 Å². The largest absolute Gasteiger partial charge is 0.396 e. The number of benzene rings is 1. The first kappa shape index (κ1) is 17.5. The lowest BCUT2D eigenvalue weighted by Gasteiger charge is -2.20. The SMILES string of the molecule is O=C(Nc1cnn(Cc2ccccc2)c1)N1CCCC(CCO)CC1. The van der Waals surface area contributed by atoms with Crippen molar-refractivity contribution in [2.24, 2.45) is 5.92 Å². The Hall–Kier alpha value is -2.34. The average molecular weight is 342 g/mol. The summed E-state index contributed by atoms with van der Waals surface area (Å²) in [6.07, 6.45) is 7.41. The van der Waals surface area contributed by atoms with Crippen molar-refractivity contribution in [3.63, 3.8) is 0 Å². The molecule has 1 unspecified atom stereocenters. The van der Waals surface area contributed by atoms with Gasteiger partial charge in [0.25, 0.3) is 0 Å². The molecule has 3 rings (SSSR count). The number of aliphatic hydroxyl groups is 1. The van der Waals surface area contributed by atoms with Gasteiger partial charge < -0.3 is 15.3 Å². The molecule has 1 saturated heterocycles. The molecule has 1 aromatic carbocycles. The normalized spacial score (nSPS) is 18.0. The predicted octanol–water partition coefficient (Wildman–Crippen LogP) is 2.95. The molecule has 1 aromatic heterocycles. The Morgan fingerprint density at radius 2 is 2.08 bits per heavy atom. The number of amides is 2. The van der Waals surface area contributed by atoms with Crippen LogP contribution < -0.4 is 5.32 Å². The summed E-state index contributed by atoms with van der Waals surface area (Å²) in [4.78, 5) is 14.3. The summed E-state index contributed by atoms with van der Waals surface area (Å²) in [6.45, 7) is 2.43. The molecule has 2 N–H and O–H groups in total. The van der Waals surface area contributed by atoms with Gasteiger partial charge in [0.05, 0.1) is 18.4 Å². The zero-order chi connectivity index (χ0) is 17.5. The quantitative estimate of drug-likeness (QED) is 0.878. The molecule has 0 spiro atoms. The number of anilines is 1. The number of urea groups is 1. The minimum Gasteiger partial charge on any atom is -0.396 e. The Bertz CT molecular complexity index is 671. The van der Waals surface area contributed by atoms with Crippen LogP contribution in [0.4, 0.5) is 10.5 Å². The van der Waals surface area contributed by atoms with E-state index < -0.39 is 0 Å². The molecule has 6 heteroatoms. The van der Waals surface area contributed by atoms with Crippen molar-refractivity contribution in [1.82, 2.24) is 14.7 Å². The molecule has 2 aromatic rings. The number of hydrogen-bond donors (Lipinski definition) is 2. The highest BCUT2D eigenvalue weighted by atomic mass is 16.3. The molecule has 6 nitrogen and oxygen atoms in total. The molecule has 0 bridgehead atoms. The van der Waals surface area contributed by atoms with Gasteiger partial charge in [-0.05, 0) is 37.2 Å². The van der Waals surface area contributed by atoms with Gasteiger partial charge >= 0.3 is 6.03 Å². The number of hydrogen-bond acceptors (Lipinski definition) is 3. The Balaban J connectivity index is 1.53. The first-order valence-corrected chi connectivity index (χ1v) is 8.98. The van der Waals surface area contributed by atoms with Crippen LogP contribution in [0.5, 0.6) is 0 Å². The molecular weight excluding hydrogens is 316 g/mol. The number of nitrogens with one attached hydrogen (secondary N) is 1. The van der Waals surface area contributed by atoms with Crippen LogP contribution in [0.15, 0.2) is 42.7 Å². The molecule has 25 heavy (non-hydrogen) atoms. The summed E-state index contributed by atoms with van der Waals surface area (Å²) in [5.41, 5.74) is 1.89. The highest BCUT2D eigenvalue weighted by molar-refractivity contribution is 5.89. The highest BCUT2D eigenvalue weighted by Crippen LogP contribution is 2.21. The molecule has 0 aliphatic carbocycles. The van der Waals surface area contributed by atoms with Gasteiger partial charge in [-0.2, -0.15) is 5.10 Å². The van der Waals surface area contributed by atoms with E-state index in [-0.39, 0.29) is 12.6 Å². The van der Waals surface area contributed by atoms with Crippen LogP contribution in [0.2, 0.25) is 0 Å². The zero-order valence-corrected chi connectivity index (χ0v) is 14.5. The molecule has 2 amide bonds. The Morgan fingerprint density at radius 3 is 2.88 bits per heavy atom. The minimum atomic E-state index is -0.0658. The van der Waals surface area contributed by atoms with Crippen LogP contribution in [-0.2, 0) is 6.54 Å². The maximum atomic E-state index is 12.5. The van der Waals surface area contributed by atoms with Crippen molar-refractivity contribution >= 4 is 11.7 Å². The zero-order valence-electron chi connectivity index (χ0n) is 14.5. The third-order valence-electron chi connectivity index (χ3n) is 4.74. The summed E-state index contributed by atoms with van der Waals surface area (Å²) in [6, 6.07) is 10.0. The molecular formula is C19H26N4O2. The number of carbonyl (C=O) groups is 1. The van der Waals surface area contributed by atoms with E-state index in [2.05, 4.69) is 22.5 Å². The Kier molecular flexibility index (Phi) is 6.06. The van der Waals surface area contributed by atoms with Gasteiger partial charge in [-0.3, -0.25) is 4.68 Å². The topological polar surface area (TPSA) is 70.4 Å². The maximum absolute atomic E-state index is 12.5. The smallest absolute Gasteiger partial charge is 0.321 e. The van der Waals surface area contributed by atoms with Gasteiger partial charge in [-0.1, -0.05) is 30.3 Å². The third kappa shape index (κ3) is 5.06. The summed E-state index contributed by atoms with van der Waals surface area (Å²) in [5.74, 6) is 0.524. The third-order valence-corrected chi connectivity index (χ3v) is 4.74. The molecule has 1 aliphatic heterocycles. The molecule has 0 saturated carbocycles. The molecule has 1 fully saturated rings. The number of aromatic nitrogens is 2. The Morgan fingerprint density at radius 1 is 1.24 bits per heavy atom. The first-order chi connectivity index (χ1) is 12.2. The van der Waals surface area contributed by atoms with E-state index in [0.717, 1.165) is 44.5 Å². The van der Waals surface area contributed by atoms with Gasteiger partial charge in [-0.15, -0.1) is 0 Å². The molecule has 2 heterocycles. The van der Waals surface area contributed by atoms with Crippen LogP contribution in [0.25, 0.3) is 0 Å². The second-order valence-corrected chi connectivity index (χ2v) is 6.64. The van der Waals surface area contributed by atoms with Gasteiger partial charge in [0.1, 0.15) is 0 Å². The van der Waals surface area contributed by atoms with Gasteiger partial charge in [-0.25, -0.2) is 4.79 Å². The lowest BCUT2D eigenvalue weighted by Crippen LogP contribution is -2.35. The lowest BCUT2D eigenvalue weighted by atomic mass is 9.98. The van der Waals surface area contributed by atoms with Crippen LogP contribution in [-0.4, -0.2) is 45.5 Å². The van der Waals surface area contributed by atoms with Gasteiger partial charge in [0.2, 0.25) is 0 Å². The van der Waals surface area contributed by atoms with Gasteiger partial charge in [0, 0.05) is 25.9 Å². The molecule has 1 aliphatic rings. The summed E-state index contributed by atoms with van der Waals surface area (Å²) in [7, 11) is 0. The van der Waals surface area contributed by atoms with Crippen molar-refractivity contribution in [2.75, 3.05) is 25.0 Å². The van der Waals surface area contributed by atoms with Crippen molar-refractivity contribution in [1.29, 1.82) is 0 Å². The predicted molar refractivity (Wildman–Crippen MR) is 97.4 cm³/mol. The molecule has 0 radical (unpaired) electrons. The second-order valence-electron chi connectivity index (χ2n) is 6.64. The van der Waals surface area contributed by atoms with Gasteiger partial charge in [0.15, 0.2) is 0 Å². The minimum absolute atomic E-state index is 0.0658. The number of likely N-dealkylation sites (tertiary alicyclic amines) is 1. The van der Waals surface area contributed by atoms with Crippen molar-refractivity contribution in [2.45, 2.75) is 32.2 Å². The Labute approximate surface area is 148 Å². The van der Waals surface area contributed by atoms with E-state index in [1.165, 1.54) is 5.56 Å². The highest BCUT2D eigenvalue weighted by Gasteiger charge is 2.20. The number of rotatable bonds is 5.